The van der Waals surface area contributed by atoms with Gasteiger partial charge in [0.2, 0.25) is 0 Å². The number of aromatic hydroxyl groups is 1. The van der Waals surface area contributed by atoms with E-state index < -0.39 is 5.91 Å². The molecule has 0 saturated heterocycles. The summed E-state index contributed by atoms with van der Waals surface area (Å²) in [6, 6.07) is 9.39. The van der Waals surface area contributed by atoms with Crippen LogP contribution in [0, 0.1) is 0 Å². The summed E-state index contributed by atoms with van der Waals surface area (Å²) in [4.78, 5) is 11.8. The predicted octanol–water partition coefficient (Wildman–Crippen LogP) is 4.27. The molecular weight excluding hydrogens is 375 g/mol. The molecule has 0 aliphatic rings. The Morgan fingerprint density at radius 1 is 1.17 bits per heavy atom. The van der Waals surface area contributed by atoms with Crippen LogP contribution >= 0.6 is 34.8 Å². The SMILES string of the molecule is CC(=NNC(=O)COc1cc(Cl)c(Cl)cc1Cl)c1cccc(O)c1. The molecule has 0 unspecified atom stereocenters. The molecule has 0 bridgehead atoms. The largest absolute Gasteiger partial charge is 0.508 e. The molecule has 0 aromatic heterocycles. The van der Waals surface area contributed by atoms with Crippen LogP contribution in [-0.2, 0) is 4.79 Å². The Balaban J connectivity index is 1.94. The van der Waals surface area contributed by atoms with Gasteiger partial charge in [-0.1, -0.05) is 46.9 Å². The van der Waals surface area contributed by atoms with Crippen LogP contribution in [0.2, 0.25) is 15.1 Å². The van der Waals surface area contributed by atoms with Gasteiger partial charge in [-0.15, -0.1) is 0 Å². The summed E-state index contributed by atoms with van der Waals surface area (Å²) in [5.74, 6) is -0.113. The number of carbonyl (C=O) groups excluding carboxylic acids is 1. The molecule has 0 atom stereocenters. The molecule has 24 heavy (non-hydrogen) atoms. The average molecular weight is 388 g/mol. The smallest absolute Gasteiger partial charge is 0.277 e. The number of hydrogen-bond donors (Lipinski definition) is 2. The number of phenolic OH excluding ortho intramolecular Hbond substituents is 1. The van der Waals surface area contributed by atoms with Crippen LogP contribution in [0.3, 0.4) is 0 Å². The van der Waals surface area contributed by atoms with Gasteiger partial charge in [-0.2, -0.15) is 5.10 Å². The fourth-order valence-corrected chi connectivity index (χ4v) is 2.32. The maximum atomic E-state index is 11.8. The van der Waals surface area contributed by atoms with E-state index in [1.54, 1.807) is 25.1 Å². The summed E-state index contributed by atoms with van der Waals surface area (Å²) in [7, 11) is 0. The minimum absolute atomic E-state index is 0.117. The monoisotopic (exact) mass is 386 g/mol. The zero-order valence-electron chi connectivity index (χ0n) is 12.5. The summed E-state index contributed by atoms with van der Waals surface area (Å²) in [6.45, 7) is 1.40. The molecule has 2 aromatic rings. The molecule has 0 radical (unpaired) electrons. The first kappa shape index (κ1) is 18.4. The maximum absolute atomic E-state index is 11.8. The van der Waals surface area contributed by atoms with Crippen molar-refractivity contribution in [2.24, 2.45) is 5.10 Å². The molecule has 0 spiro atoms. The topological polar surface area (TPSA) is 70.9 Å². The Kier molecular flexibility index (Phi) is 6.31. The number of halogens is 3. The lowest BCUT2D eigenvalue weighted by Gasteiger charge is -2.08. The molecular formula is C16H13Cl3N2O3. The molecule has 5 nitrogen and oxygen atoms in total. The van der Waals surface area contributed by atoms with Gasteiger partial charge in [0.1, 0.15) is 11.5 Å². The summed E-state index contributed by atoms with van der Waals surface area (Å²) < 4.78 is 5.30. The van der Waals surface area contributed by atoms with E-state index in [1.807, 2.05) is 0 Å². The number of ether oxygens (including phenoxy) is 1. The second-order valence-electron chi connectivity index (χ2n) is 4.77. The minimum atomic E-state index is -0.475. The molecule has 0 fully saturated rings. The Labute approximate surface area is 153 Å². The van der Waals surface area contributed by atoms with E-state index in [4.69, 9.17) is 39.5 Å². The zero-order valence-corrected chi connectivity index (χ0v) is 14.8. The Bertz CT molecular complexity index is 794. The van der Waals surface area contributed by atoms with Crippen LogP contribution in [0.5, 0.6) is 11.5 Å². The van der Waals surface area contributed by atoms with Gasteiger partial charge in [-0.05, 0) is 25.1 Å². The van der Waals surface area contributed by atoms with E-state index in [0.717, 1.165) is 0 Å². The number of hydrazone groups is 1. The predicted molar refractivity (Wildman–Crippen MR) is 95.4 cm³/mol. The molecule has 0 saturated carbocycles. The first-order chi connectivity index (χ1) is 11.4. The summed E-state index contributed by atoms with van der Waals surface area (Å²) in [5.41, 5.74) is 3.57. The van der Waals surface area contributed by atoms with Gasteiger partial charge in [-0.3, -0.25) is 4.79 Å². The van der Waals surface area contributed by atoms with Gasteiger partial charge >= 0.3 is 0 Å². The van der Waals surface area contributed by atoms with Crippen molar-refractivity contribution < 1.29 is 14.6 Å². The van der Waals surface area contributed by atoms with E-state index in [0.29, 0.717) is 16.3 Å². The first-order valence-electron chi connectivity index (χ1n) is 6.76. The fraction of sp³-hybridized carbons (Fsp3) is 0.125. The Morgan fingerprint density at radius 2 is 1.88 bits per heavy atom. The van der Waals surface area contributed by atoms with Crippen molar-refractivity contribution >= 4 is 46.4 Å². The van der Waals surface area contributed by atoms with Crippen LogP contribution in [0.15, 0.2) is 41.5 Å². The highest BCUT2D eigenvalue weighted by Crippen LogP contribution is 2.33. The van der Waals surface area contributed by atoms with Crippen molar-refractivity contribution in [1.29, 1.82) is 0 Å². The van der Waals surface area contributed by atoms with Gasteiger partial charge in [0.25, 0.3) is 5.91 Å². The third-order valence-corrected chi connectivity index (χ3v) is 3.96. The van der Waals surface area contributed by atoms with Gasteiger partial charge in [0, 0.05) is 11.6 Å². The number of rotatable bonds is 5. The summed E-state index contributed by atoms with van der Waals surface area (Å²) in [6.07, 6.45) is 0. The highest BCUT2D eigenvalue weighted by molar-refractivity contribution is 6.43. The molecule has 8 heteroatoms. The lowest BCUT2D eigenvalue weighted by molar-refractivity contribution is -0.123. The highest BCUT2D eigenvalue weighted by atomic mass is 35.5. The van der Waals surface area contributed by atoms with Gasteiger partial charge in [0.15, 0.2) is 6.61 Å². The van der Waals surface area contributed by atoms with E-state index in [2.05, 4.69) is 10.5 Å². The van der Waals surface area contributed by atoms with Crippen LogP contribution in [0.4, 0.5) is 0 Å². The number of benzene rings is 2. The number of hydrogen-bond acceptors (Lipinski definition) is 4. The fourth-order valence-electron chi connectivity index (χ4n) is 1.73. The van der Waals surface area contributed by atoms with Crippen molar-refractivity contribution in [2.75, 3.05) is 6.61 Å². The normalized spacial score (nSPS) is 11.2. The zero-order chi connectivity index (χ0) is 17.7. The molecule has 126 valence electrons. The molecule has 1 amide bonds. The highest BCUT2D eigenvalue weighted by Gasteiger charge is 2.09. The maximum Gasteiger partial charge on any atom is 0.277 e. The van der Waals surface area contributed by atoms with E-state index in [1.165, 1.54) is 18.2 Å². The van der Waals surface area contributed by atoms with Gasteiger partial charge < -0.3 is 9.84 Å². The first-order valence-corrected chi connectivity index (χ1v) is 7.90. The number of amides is 1. The number of nitrogens with one attached hydrogen (secondary N) is 1. The standard InChI is InChI=1S/C16H13Cl3N2O3/c1-9(10-3-2-4-11(22)5-10)20-21-16(23)8-24-15-7-13(18)12(17)6-14(15)19/h2-7,22H,8H2,1H3,(H,21,23). The second-order valence-corrected chi connectivity index (χ2v) is 5.99. The van der Waals surface area contributed by atoms with E-state index >= 15 is 0 Å². The second kappa shape index (κ2) is 8.24. The lowest BCUT2D eigenvalue weighted by Crippen LogP contribution is -2.25. The average Bonchev–Trinajstić information content (AvgIpc) is 2.54. The molecule has 2 N–H and O–H groups in total. The third kappa shape index (κ3) is 5.03. The third-order valence-electron chi connectivity index (χ3n) is 2.95. The molecule has 2 aromatic carbocycles. The van der Waals surface area contributed by atoms with Crippen molar-refractivity contribution in [3.63, 3.8) is 0 Å². The van der Waals surface area contributed by atoms with Crippen LogP contribution in [-0.4, -0.2) is 23.3 Å². The molecule has 2 rings (SSSR count). The van der Waals surface area contributed by atoms with Crippen LogP contribution in [0.25, 0.3) is 0 Å². The Hall–Kier alpha value is -1.95. The summed E-state index contributed by atoms with van der Waals surface area (Å²) in [5, 5.41) is 14.2. The van der Waals surface area contributed by atoms with Crippen molar-refractivity contribution in [3.8, 4) is 11.5 Å². The molecule has 0 aliphatic carbocycles. The molecule has 0 heterocycles. The van der Waals surface area contributed by atoms with Crippen LogP contribution in [0.1, 0.15) is 12.5 Å². The van der Waals surface area contributed by atoms with Crippen molar-refractivity contribution in [2.45, 2.75) is 6.92 Å². The number of phenols is 1. The minimum Gasteiger partial charge on any atom is -0.508 e. The van der Waals surface area contributed by atoms with Gasteiger partial charge in [0.05, 0.1) is 20.8 Å². The number of nitrogens with zero attached hydrogens (tertiary/aromatic N) is 1. The van der Waals surface area contributed by atoms with Crippen LogP contribution < -0.4 is 10.2 Å². The number of carbonyl (C=O) groups is 1. The van der Waals surface area contributed by atoms with Crippen molar-refractivity contribution in [3.05, 3.63) is 57.0 Å². The van der Waals surface area contributed by atoms with Gasteiger partial charge in [-0.25, -0.2) is 5.43 Å². The summed E-state index contributed by atoms with van der Waals surface area (Å²) >= 11 is 17.6. The van der Waals surface area contributed by atoms with E-state index in [-0.39, 0.29) is 28.2 Å². The Morgan fingerprint density at radius 3 is 2.58 bits per heavy atom. The quantitative estimate of drug-likeness (QED) is 0.457. The van der Waals surface area contributed by atoms with Crippen molar-refractivity contribution in [1.82, 2.24) is 5.43 Å². The van der Waals surface area contributed by atoms with E-state index in [9.17, 15) is 9.90 Å². The lowest BCUT2D eigenvalue weighted by atomic mass is 10.1. The molecule has 0 aliphatic heterocycles.